The average molecular weight is 517 g/mol. The highest BCUT2D eigenvalue weighted by Gasteiger charge is 2.21. The van der Waals surface area contributed by atoms with Gasteiger partial charge in [0.2, 0.25) is 0 Å². The number of hydrogen-bond acceptors (Lipinski definition) is 4. The van der Waals surface area contributed by atoms with Crippen molar-refractivity contribution in [1.82, 2.24) is 15.6 Å². The number of aliphatic imine (C=N–C) groups is 1. The molecule has 0 bridgehead atoms. The second kappa shape index (κ2) is 10.7. The van der Waals surface area contributed by atoms with E-state index in [4.69, 9.17) is 21.1 Å². The minimum Gasteiger partial charge on any atom is -0.496 e. The van der Waals surface area contributed by atoms with Gasteiger partial charge in [0.05, 0.1) is 7.11 Å². The van der Waals surface area contributed by atoms with Crippen LogP contribution in [0.4, 0.5) is 0 Å². The topological polar surface area (TPSA) is 67.8 Å². The molecule has 0 radical (unpaired) electrons. The third kappa shape index (κ3) is 5.88. The van der Waals surface area contributed by atoms with Crippen LogP contribution >= 0.6 is 35.6 Å². The fourth-order valence-electron chi connectivity index (χ4n) is 3.09. The lowest BCUT2D eigenvalue weighted by Crippen LogP contribution is -2.37. The minimum absolute atomic E-state index is 0. The van der Waals surface area contributed by atoms with E-state index in [1.165, 1.54) is 5.56 Å². The average Bonchev–Trinajstić information content (AvgIpc) is 3.04. The largest absolute Gasteiger partial charge is 0.496 e. The Labute approximate surface area is 188 Å². The quantitative estimate of drug-likeness (QED) is 0.266. The van der Waals surface area contributed by atoms with Crippen molar-refractivity contribution in [3.05, 3.63) is 52.3 Å². The molecule has 2 N–H and O–H groups in total. The molecule has 2 heterocycles. The Hall–Kier alpha value is -1.74. The van der Waals surface area contributed by atoms with Crippen LogP contribution in [-0.4, -0.2) is 37.7 Å². The van der Waals surface area contributed by atoms with Crippen LogP contribution in [0, 0.1) is 0 Å². The first-order chi connectivity index (χ1) is 13.1. The molecule has 1 unspecified atom stereocenters. The van der Waals surface area contributed by atoms with Gasteiger partial charge in [-0.3, -0.25) is 4.99 Å². The summed E-state index contributed by atoms with van der Waals surface area (Å²) < 4.78 is 11.4. The Balaban J connectivity index is 0.00000280. The summed E-state index contributed by atoms with van der Waals surface area (Å²) in [4.78, 5) is 8.37. The third-order valence-electron chi connectivity index (χ3n) is 4.46. The molecule has 1 aromatic heterocycles. The van der Waals surface area contributed by atoms with Crippen molar-refractivity contribution in [3.63, 3.8) is 0 Å². The van der Waals surface area contributed by atoms with E-state index in [9.17, 15) is 0 Å². The van der Waals surface area contributed by atoms with Crippen molar-refractivity contribution in [3.8, 4) is 11.5 Å². The van der Waals surface area contributed by atoms with Crippen molar-refractivity contribution in [1.29, 1.82) is 0 Å². The fraction of sp³-hybridized carbons (Fsp3) is 0.400. The van der Waals surface area contributed by atoms with Gasteiger partial charge in [0.15, 0.2) is 5.96 Å². The first-order valence-electron chi connectivity index (χ1n) is 9.00. The number of ether oxygens (including phenoxy) is 2. The number of pyridine rings is 1. The van der Waals surface area contributed by atoms with Crippen LogP contribution in [-0.2, 0) is 19.4 Å². The van der Waals surface area contributed by atoms with Gasteiger partial charge in [-0.15, -0.1) is 24.0 Å². The maximum absolute atomic E-state index is 5.86. The Morgan fingerprint density at radius 3 is 2.86 bits per heavy atom. The van der Waals surface area contributed by atoms with Crippen LogP contribution in [0.1, 0.15) is 23.6 Å². The summed E-state index contributed by atoms with van der Waals surface area (Å²) in [5.41, 5.74) is 3.35. The Kier molecular flexibility index (Phi) is 8.62. The normalized spacial score (nSPS) is 15.3. The molecule has 2 aromatic rings. The van der Waals surface area contributed by atoms with E-state index in [0.29, 0.717) is 11.7 Å². The second-order valence-electron chi connectivity index (χ2n) is 6.50. The zero-order chi connectivity index (χ0) is 19.2. The zero-order valence-corrected chi connectivity index (χ0v) is 19.4. The predicted octanol–water partition coefficient (Wildman–Crippen LogP) is 3.59. The summed E-state index contributed by atoms with van der Waals surface area (Å²) in [7, 11) is 3.45. The first-order valence-corrected chi connectivity index (χ1v) is 9.38. The number of benzene rings is 1. The number of halogens is 2. The lowest BCUT2D eigenvalue weighted by atomic mass is 10.1. The summed E-state index contributed by atoms with van der Waals surface area (Å²) in [6.07, 6.45) is 3.75. The van der Waals surface area contributed by atoms with Gasteiger partial charge in [-0.25, -0.2) is 4.98 Å². The molecular weight excluding hydrogens is 491 g/mol. The second-order valence-corrected chi connectivity index (χ2v) is 6.88. The Morgan fingerprint density at radius 2 is 2.18 bits per heavy atom. The van der Waals surface area contributed by atoms with Crippen LogP contribution < -0.4 is 20.1 Å². The molecule has 0 spiro atoms. The summed E-state index contributed by atoms with van der Waals surface area (Å²) in [5, 5.41) is 7.14. The van der Waals surface area contributed by atoms with Crippen molar-refractivity contribution in [2.75, 3.05) is 20.7 Å². The molecule has 6 nitrogen and oxygen atoms in total. The maximum atomic E-state index is 5.86. The zero-order valence-electron chi connectivity index (χ0n) is 16.3. The molecule has 1 aliphatic heterocycles. The number of nitrogens with one attached hydrogen (secondary N) is 2. The summed E-state index contributed by atoms with van der Waals surface area (Å²) in [5.74, 6) is 2.54. The summed E-state index contributed by atoms with van der Waals surface area (Å²) in [6.45, 7) is 3.41. The highest BCUT2D eigenvalue weighted by atomic mass is 127. The number of nitrogens with zero attached hydrogens (tertiary/aromatic N) is 2. The van der Waals surface area contributed by atoms with Gasteiger partial charge in [-0.05, 0) is 37.1 Å². The van der Waals surface area contributed by atoms with E-state index in [2.05, 4.69) is 39.7 Å². The molecule has 28 heavy (non-hydrogen) atoms. The number of hydrogen-bond donors (Lipinski definition) is 2. The van der Waals surface area contributed by atoms with Crippen molar-refractivity contribution >= 4 is 41.5 Å². The highest BCUT2D eigenvalue weighted by Crippen LogP contribution is 2.34. The number of aromatic nitrogens is 1. The molecule has 0 fully saturated rings. The van der Waals surface area contributed by atoms with Crippen LogP contribution in [0.15, 0.2) is 35.5 Å². The maximum Gasteiger partial charge on any atom is 0.191 e. The number of fused-ring (bicyclic) bond motifs is 1. The molecule has 0 amide bonds. The highest BCUT2D eigenvalue weighted by molar-refractivity contribution is 14.0. The molecule has 0 saturated heterocycles. The van der Waals surface area contributed by atoms with E-state index in [1.807, 2.05) is 6.07 Å². The van der Waals surface area contributed by atoms with E-state index in [-0.39, 0.29) is 30.1 Å². The number of guanidine groups is 1. The lowest BCUT2D eigenvalue weighted by Gasteiger charge is -2.15. The monoisotopic (exact) mass is 516 g/mol. The van der Waals surface area contributed by atoms with Crippen LogP contribution in [0.5, 0.6) is 11.5 Å². The molecule has 152 valence electrons. The van der Waals surface area contributed by atoms with Gasteiger partial charge >= 0.3 is 0 Å². The van der Waals surface area contributed by atoms with E-state index < -0.39 is 0 Å². The van der Waals surface area contributed by atoms with Crippen molar-refractivity contribution in [2.45, 2.75) is 32.4 Å². The van der Waals surface area contributed by atoms with Gasteiger partial charge in [0.1, 0.15) is 22.8 Å². The molecule has 0 saturated carbocycles. The third-order valence-corrected chi connectivity index (χ3v) is 4.69. The Morgan fingerprint density at radius 1 is 1.36 bits per heavy atom. The van der Waals surface area contributed by atoms with Crippen molar-refractivity contribution < 1.29 is 9.47 Å². The SMILES string of the molecule is CN=C(NCCc1ccc(Cl)nc1)NCc1cc2c(cc1OC)CC(C)O2.I. The van der Waals surface area contributed by atoms with Crippen molar-refractivity contribution in [2.24, 2.45) is 4.99 Å². The lowest BCUT2D eigenvalue weighted by molar-refractivity contribution is 0.254. The standard InChI is InChI=1S/C20H25ClN4O2.HI/c1-13-8-15-9-17(26-3)16(10-18(15)27-13)12-25-20(22-2)23-7-6-14-4-5-19(21)24-11-14;/h4-5,9-11,13H,6-8,12H2,1-3H3,(H2,22,23,25);1H. The Bertz CT molecular complexity index is 815. The molecule has 3 rings (SSSR count). The van der Waals surface area contributed by atoms with Crippen LogP contribution in [0.25, 0.3) is 0 Å². The predicted molar refractivity (Wildman–Crippen MR) is 123 cm³/mol. The molecular formula is C20H26ClIN4O2. The van der Waals surface area contributed by atoms with Gasteiger partial charge in [0.25, 0.3) is 0 Å². The smallest absolute Gasteiger partial charge is 0.191 e. The van der Waals surface area contributed by atoms with Gasteiger partial charge in [-0.1, -0.05) is 17.7 Å². The van der Waals surface area contributed by atoms with Crippen LogP contribution in [0.2, 0.25) is 5.15 Å². The summed E-state index contributed by atoms with van der Waals surface area (Å²) >= 11 is 5.81. The first kappa shape index (κ1) is 22.5. The molecule has 0 aliphatic carbocycles. The number of methoxy groups -OCH3 is 1. The summed E-state index contributed by atoms with van der Waals surface area (Å²) in [6, 6.07) is 7.90. The minimum atomic E-state index is 0. The van der Waals surface area contributed by atoms with Gasteiger partial charge < -0.3 is 20.1 Å². The van der Waals surface area contributed by atoms with Gasteiger partial charge in [0, 0.05) is 43.9 Å². The molecule has 1 aromatic carbocycles. The van der Waals surface area contributed by atoms with E-state index in [1.54, 1.807) is 26.4 Å². The van der Waals surface area contributed by atoms with E-state index >= 15 is 0 Å². The van der Waals surface area contributed by atoms with E-state index in [0.717, 1.165) is 48.0 Å². The molecule has 8 heteroatoms. The molecule has 1 atom stereocenters. The number of rotatable bonds is 6. The molecule has 1 aliphatic rings. The van der Waals surface area contributed by atoms with Crippen LogP contribution in [0.3, 0.4) is 0 Å². The fourth-order valence-corrected chi connectivity index (χ4v) is 3.20. The van der Waals surface area contributed by atoms with Gasteiger partial charge in [-0.2, -0.15) is 0 Å².